The van der Waals surface area contributed by atoms with Crippen LogP contribution in [0.15, 0.2) is 91.4 Å². The highest BCUT2D eigenvalue weighted by atomic mass is 16.7. The van der Waals surface area contributed by atoms with Crippen LogP contribution in [0.1, 0.15) is 66.7 Å². The molecule has 52 heavy (non-hydrogen) atoms. The molecule has 3 aromatic rings. The van der Waals surface area contributed by atoms with E-state index < -0.39 is 23.8 Å². The Labute approximate surface area is 304 Å². The SMILES string of the molecule is CC(C)(C)OC(=O)N1CC2COCC(C1)C2OC(=O)NC(c1ccccc1)c1cccc(OCc2ccc(C(=O)NCCCC3OC=CO3)cc2)c1. The molecular formula is C40H47N3O9. The average molecular weight is 714 g/mol. The molecule has 0 aromatic heterocycles. The van der Waals surface area contributed by atoms with Gasteiger partial charge in [0.05, 0.1) is 19.3 Å². The molecule has 0 radical (unpaired) electrons. The summed E-state index contributed by atoms with van der Waals surface area (Å²) in [6, 6.07) is 24.0. The number of nitrogens with zero attached hydrogens (tertiary/aromatic N) is 1. The van der Waals surface area contributed by atoms with Crippen LogP contribution in [0, 0.1) is 11.8 Å². The van der Waals surface area contributed by atoms with Crippen molar-refractivity contribution in [2.75, 3.05) is 32.8 Å². The van der Waals surface area contributed by atoms with Gasteiger partial charge in [-0.15, -0.1) is 0 Å². The average Bonchev–Trinajstić information content (AvgIpc) is 3.65. The molecule has 3 amide bonds. The Bertz CT molecular complexity index is 1670. The van der Waals surface area contributed by atoms with Crippen LogP contribution in [0.25, 0.3) is 0 Å². The molecule has 3 heterocycles. The van der Waals surface area contributed by atoms with Crippen LogP contribution in [0.4, 0.5) is 9.59 Å². The van der Waals surface area contributed by atoms with E-state index in [9.17, 15) is 14.4 Å². The van der Waals surface area contributed by atoms with Crippen molar-refractivity contribution in [1.29, 1.82) is 0 Å². The molecule has 2 fully saturated rings. The normalized spacial score (nSPS) is 20.2. The summed E-state index contributed by atoms with van der Waals surface area (Å²) in [5, 5.41) is 6.01. The molecule has 3 aliphatic rings. The van der Waals surface area contributed by atoms with Gasteiger partial charge in [0.1, 0.15) is 36.6 Å². The van der Waals surface area contributed by atoms with Crippen LogP contribution in [0.2, 0.25) is 0 Å². The van der Waals surface area contributed by atoms with E-state index in [1.54, 1.807) is 17.0 Å². The molecule has 0 saturated carbocycles. The highest BCUT2D eigenvalue weighted by molar-refractivity contribution is 5.94. The van der Waals surface area contributed by atoms with Crippen LogP contribution in [0.3, 0.4) is 0 Å². The van der Waals surface area contributed by atoms with E-state index in [-0.39, 0.29) is 30.1 Å². The zero-order valence-electron chi connectivity index (χ0n) is 29.8. The summed E-state index contributed by atoms with van der Waals surface area (Å²) < 4.78 is 34.1. The van der Waals surface area contributed by atoms with Gasteiger partial charge in [-0.05, 0) is 68.1 Å². The number of nitrogens with one attached hydrogen (secondary N) is 2. The molecular weight excluding hydrogens is 666 g/mol. The maximum absolute atomic E-state index is 13.6. The molecule has 2 saturated heterocycles. The molecule has 12 heteroatoms. The lowest BCUT2D eigenvalue weighted by Gasteiger charge is -2.46. The van der Waals surface area contributed by atoms with Gasteiger partial charge >= 0.3 is 12.2 Å². The highest BCUT2D eigenvalue weighted by Gasteiger charge is 2.45. The third kappa shape index (κ3) is 9.97. The second kappa shape index (κ2) is 16.9. The number of alkyl carbamates (subject to hydrolysis) is 1. The number of ether oxygens (including phenoxy) is 6. The third-order valence-electron chi connectivity index (χ3n) is 9.02. The lowest BCUT2D eigenvalue weighted by Crippen LogP contribution is -2.59. The number of carbonyl (C=O) groups is 3. The van der Waals surface area contributed by atoms with Crippen molar-refractivity contribution in [1.82, 2.24) is 15.5 Å². The van der Waals surface area contributed by atoms with E-state index in [0.717, 1.165) is 23.1 Å². The fourth-order valence-electron chi connectivity index (χ4n) is 6.53. The largest absolute Gasteiger partial charge is 0.489 e. The van der Waals surface area contributed by atoms with E-state index in [1.165, 1.54) is 12.5 Å². The number of benzene rings is 3. The zero-order chi connectivity index (χ0) is 36.5. The molecule has 3 aliphatic heterocycles. The fraction of sp³-hybridized carbons (Fsp3) is 0.425. The van der Waals surface area contributed by atoms with Gasteiger partial charge in [0, 0.05) is 43.5 Å². The van der Waals surface area contributed by atoms with E-state index >= 15 is 0 Å². The van der Waals surface area contributed by atoms with Crippen molar-refractivity contribution in [3.8, 4) is 5.75 Å². The molecule has 3 unspecified atom stereocenters. The molecule has 3 atom stereocenters. The number of fused-ring (bicyclic) bond motifs is 2. The van der Waals surface area contributed by atoms with Crippen LogP contribution < -0.4 is 15.4 Å². The van der Waals surface area contributed by atoms with Crippen LogP contribution >= 0.6 is 0 Å². The molecule has 2 bridgehead atoms. The summed E-state index contributed by atoms with van der Waals surface area (Å²) in [7, 11) is 0. The minimum Gasteiger partial charge on any atom is -0.489 e. The zero-order valence-corrected chi connectivity index (χ0v) is 29.8. The summed E-state index contributed by atoms with van der Waals surface area (Å²) in [6.07, 6.45) is 2.86. The van der Waals surface area contributed by atoms with Crippen molar-refractivity contribution in [3.05, 3.63) is 114 Å². The van der Waals surface area contributed by atoms with E-state index in [0.29, 0.717) is 57.2 Å². The van der Waals surface area contributed by atoms with E-state index in [1.807, 2.05) is 87.5 Å². The Morgan fingerprint density at radius 3 is 2.27 bits per heavy atom. The minimum atomic E-state index is -0.601. The monoisotopic (exact) mass is 713 g/mol. The first-order chi connectivity index (χ1) is 25.1. The maximum Gasteiger partial charge on any atom is 0.410 e. The third-order valence-corrected chi connectivity index (χ3v) is 9.02. The Balaban J connectivity index is 1.04. The van der Waals surface area contributed by atoms with Crippen molar-refractivity contribution >= 4 is 18.1 Å². The predicted octanol–water partition coefficient (Wildman–Crippen LogP) is 6.32. The first kappa shape index (κ1) is 36.6. The number of amides is 3. The number of hydrogen-bond acceptors (Lipinski definition) is 9. The highest BCUT2D eigenvalue weighted by Crippen LogP contribution is 2.32. The van der Waals surface area contributed by atoms with Crippen LogP contribution in [-0.4, -0.2) is 73.8 Å². The Kier molecular flexibility index (Phi) is 11.9. The van der Waals surface area contributed by atoms with Crippen molar-refractivity contribution < 1.29 is 42.8 Å². The summed E-state index contributed by atoms with van der Waals surface area (Å²) in [6.45, 7) is 7.86. The lowest BCUT2D eigenvalue weighted by molar-refractivity contribution is -0.124. The first-order valence-electron chi connectivity index (χ1n) is 17.7. The quantitative estimate of drug-likeness (QED) is 0.207. The fourth-order valence-corrected chi connectivity index (χ4v) is 6.53. The summed E-state index contributed by atoms with van der Waals surface area (Å²) >= 11 is 0. The first-order valence-corrected chi connectivity index (χ1v) is 17.7. The molecule has 6 rings (SSSR count). The van der Waals surface area contributed by atoms with Crippen molar-refractivity contribution in [2.24, 2.45) is 11.8 Å². The van der Waals surface area contributed by atoms with Crippen LogP contribution in [0.5, 0.6) is 5.75 Å². The van der Waals surface area contributed by atoms with Gasteiger partial charge in [0.2, 0.25) is 6.29 Å². The van der Waals surface area contributed by atoms with Crippen LogP contribution in [-0.2, 0) is 30.3 Å². The molecule has 0 spiro atoms. The number of rotatable bonds is 12. The van der Waals surface area contributed by atoms with Gasteiger partial charge in [-0.1, -0.05) is 54.6 Å². The van der Waals surface area contributed by atoms with E-state index in [2.05, 4.69) is 10.6 Å². The maximum atomic E-state index is 13.6. The second-order valence-electron chi connectivity index (χ2n) is 14.2. The molecule has 0 aliphatic carbocycles. The minimum absolute atomic E-state index is 0.146. The number of likely N-dealkylation sites (tertiary alicyclic amines) is 1. The Morgan fingerprint density at radius 2 is 1.58 bits per heavy atom. The molecule has 12 nitrogen and oxygen atoms in total. The van der Waals surface area contributed by atoms with Gasteiger partial charge in [-0.25, -0.2) is 9.59 Å². The van der Waals surface area contributed by atoms with Gasteiger partial charge in [0.15, 0.2) is 0 Å². The van der Waals surface area contributed by atoms with Crippen molar-refractivity contribution in [3.63, 3.8) is 0 Å². The topological polar surface area (TPSA) is 134 Å². The summed E-state index contributed by atoms with van der Waals surface area (Å²) in [5.74, 6) is 0.141. The van der Waals surface area contributed by atoms with Gasteiger partial charge in [-0.2, -0.15) is 0 Å². The number of hydrogen-bond donors (Lipinski definition) is 2. The molecule has 2 N–H and O–H groups in total. The smallest absolute Gasteiger partial charge is 0.410 e. The molecule has 276 valence electrons. The molecule has 3 aromatic carbocycles. The van der Waals surface area contributed by atoms with Gasteiger partial charge in [-0.3, -0.25) is 4.79 Å². The summed E-state index contributed by atoms with van der Waals surface area (Å²) in [5.41, 5.74) is 2.56. The number of piperidine rings is 1. The van der Waals surface area contributed by atoms with Gasteiger partial charge in [0.25, 0.3) is 5.91 Å². The van der Waals surface area contributed by atoms with Gasteiger partial charge < -0.3 is 44.0 Å². The predicted molar refractivity (Wildman–Crippen MR) is 191 cm³/mol. The second-order valence-corrected chi connectivity index (χ2v) is 14.2. The standard InChI is InChI=1S/C40H47N3O9/c1-40(2,3)52-39(46)43-22-31-25-47-26-32(23-43)36(31)51-38(45)42-35(28-9-5-4-6-10-28)30-11-7-12-33(21-30)50-24-27-14-16-29(17-15-27)37(44)41-18-8-13-34-48-19-20-49-34/h4-7,9-12,14-17,19-21,31-32,34-36H,8,13,18,22-26H2,1-3H3,(H,41,44)(H,42,45). The number of carbonyl (C=O) groups excluding carboxylic acids is 3. The van der Waals surface area contributed by atoms with Crippen molar-refractivity contribution in [2.45, 2.75) is 64.3 Å². The Morgan fingerprint density at radius 1 is 0.885 bits per heavy atom. The Hall–Kier alpha value is -5.23. The lowest BCUT2D eigenvalue weighted by atomic mass is 9.85. The summed E-state index contributed by atoms with van der Waals surface area (Å²) in [4.78, 5) is 40.6. The van der Waals surface area contributed by atoms with E-state index in [4.69, 9.17) is 28.4 Å².